The van der Waals surface area contributed by atoms with Crippen LogP contribution in [-0.4, -0.2) is 15.9 Å². The number of benzene rings is 1. The van der Waals surface area contributed by atoms with Crippen molar-refractivity contribution in [1.29, 1.82) is 0 Å². The van der Waals surface area contributed by atoms with E-state index in [-0.39, 0.29) is 5.82 Å². The lowest BCUT2D eigenvalue weighted by Crippen LogP contribution is -2.13. The molecule has 0 aliphatic carbocycles. The molecule has 6 heteroatoms. The Morgan fingerprint density at radius 2 is 2.31 bits per heavy atom. The molecule has 0 saturated heterocycles. The predicted octanol–water partition coefficient (Wildman–Crippen LogP) is 1.73. The Kier molecular flexibility index (Phi) is 3.12. The first-order valence-corrected chi connectivity index (χ1v) is 5.32. The lowest BCUT2D eigenvalue weighted by Gasteiger charge is -2.13. The zero-order chi connectivity index (χ0) is 11.5. The minimum atomic E-state index is -0.524. The van der Waals surface area contributed by atoms with Crippen LogP contribution in [0.15, 0.2) is 24.4 Å². The van der Waals surface area contributed by atoms with E-state index in [0.717, 1.165) is 11.7 Å². The van der Waals surface area contributed by atoms with E-state index in [1.807, 2.05) is 0 Å². The molecule has 2 N–H and O–H groups in total. The van der Waals surface area contributed by atoms with Crippen LogP contribution in [0.1, 0.15) is 17.3 Å². The Bertz CT molecular complexity index is 475. The summed E-state index contributed by atoms with van der Waals surface area (Å²) in [5.41, 5.74) is 7.13. The van der Waals surface area contributed by atoms with Crippen molar-refractivity contribution in [3.63, 3.8) is 0 Å². The molecule has 0 fully saturated rings. The van der Waals surface area contributed by atoms with E-state index in [0.29, 0.717) is 17.0 Å². The number of nitrogens with zero attached hydrogens (tertiary/aromatic N) is 2. The monoisotopic (exact) mass is 239 g/mol. The highest BCUT2D eigenvalue weighted by Gasteiger charge is 2.17. The summed E-state index contributed by atoms with van der Waals surface area (Å²) in [7, 11) is 1.52. The first-order chi connectivity index (χ1) is 7.72. The number of hydrogen-bond acceptors (Lipinski definition) is 5. The minimum absolute atomic E-state index is 0.352. The second kappa shape index (κ2) is 4.54. The predicted molar refractivity (Wildman–Crippen MR) is 58.9 cm³/mol. The Balaban J connectivity index is 2.42. The van der Waals surface area contributed by atoms with Gasteiger partial charge in [-0.05, 0) is 18.2 Å². The van der Waals surface area contributed by atoms with Crippen molar-refractivity contribution < 1.29 is 9.13 Å². The molecule has 0 saturated carbocycles. The van der Waals surface area contributed by atoms with Crippen LogP contribution < -0.4 is 10.5 Å². The molecule has 0 aliphatic rings. The van der Waals surface area contributed by atoms with Crippen LogP contribution in [0.25, 0.3) is 0 Å². The van der Waals surface area contributed by atoms with E-state index < -0.39 is 6.04 Å². The molecule has 0 amide bonds. The topological polar surface area (TPSA) is 61.0 Å². The standard InChI is InChI=1S/C10H10FN3OS/c1-15-9-3-2-6(11)4-7(9)10(12)8-5-13-16-14-8/h2-5,10H,12H2,1H3. The smallest absolute Gasteiger partial charge is 0.124 e. The van der Waals surface area contributed by atoms with Crippen LogP contribution in [0.4, 0.5) is 4.39 Å². The molecule has 1 atom stereocenters. The molecular weight excluding hydrogens is 229 g/mol. The normalized spacial score (nSPS) is 12.4. The van der Waals surface area contributed by atoms with Crippen LogP contribution in [0, 0.1) is 5.82 Å². The second-order valence-corrected chi connectivity index (χ2v) is 3.75. The van der Waals surface area contributed by atoms with Gasteiger partial charge in [0.25, 0.3) is 0 Å². The second-order valence-electron chi connectivity index (χ2n) is 3.20. The molecule has 2 aromatic rings. The summed E-state index contributed by atoms with van der Waals surface area (Å²) in [5, 5.41) is 0. The Morgan fingerprint density at radius 1 is 1.50 bits per heavy atom. The van der Waals surface area contributed by atoms with E-state index >= 15 is 0 Å². The number of ether oxygens (including phenoxy) is 1. The van der Waals surface area contributed by atoms with Gasteiger partial charge in [0.1, 0.15) is 11.6 Å². The van der Waals surface area contributed by atoms with Gasteiger partial charge >= 0.3 is 0 Å². The molecule has 16 heavy (non-hydrogen) atoms. The van der Waals surface area contributed by atoms with Crippen molar-refractivity contribution in [2.24, 2.45) is 5.73 Å². The maximum Gasteiger partial charge on any atom is 0.124 e. The number of halogens is 1. The van der Waals surface area contributed by atoms with Gasteiger partial charge < -0.3 is 10.5 Å². The van der Waals surface area contributed by atoms with Crippen LogP contribution in [0.2, 0.25) is 0 Å². The van der Waals surface area contributed by atoms with Gasteiger partial charge in [0.15, 0.2) is 0 Å². The number of hydrogen-bond donors (Lipinski definition) is 1. The lowest BCUT2D eigenvalue weighted by atomic mass is 10.0. The van der Waals surface area contributed by atoms with E-state index in [1.165, 1.54) is 19.2 Å². The van der Waals surface area contributed by atoms with Crippen LogP contribution >= 0.6 is 11.7 Å². The fourth-order valence-corrected chi connectivity index (χ4v) is 1.87. The molecule has 0 aliphatic heterocycles. The van der Waals surface area contributed by atoms with Crippen LogP contribution in [0.3, 0.4) is 0 Å². The van der Waals surface area contributed by atoms with Crippen molar-refractivity contribution in [2.45, 2.75) is 6.04 Å². The first-order valence-electron chi connectivity index (χ1n) is 4.59. The molecular formula is C10H10FN3OS. The van der Waals surface area contributed by atoms with Gasteiger partial charge in [-0.25, -0.2) is 4.39 Å². The van der Waals surface area contributed by atoms with E-state index in [2.05, 4.69) is 8.75 Å². The minimum Gasteiger partial charge on any atom is -0.496 e. The maximum absolute atomic E-state index is 13.1. The highest BCUT2D eigenvalue weighted by molar-refractivity contribution is 6.99. The zero-order valence-corrected chi connectivity index (χ0v) is 9.37. The first kappa shape index (κ1) is 11.0. The van der Waals surface area contributed by atoms with E-state index in [4.69, 9.17) is 10.5 Å². The summed E-state index contributed by atoms with van der Waals surface area (Å²) in [6.07, 6.45) is 1.57. The molecule has 84 valence electrons. The highest BCUT2D eigenvalue weighted by Crippen LogP contribution is 2.28. The maximum atomic E-state index is 13.1. The quantitative estimate of drug-likeness (QED) is 0.886. The van der Waals surface area contributed by atoms with Crippen molar-refractivity contribution in [2.75, 3.05) is 7.11 Å². The highest BCUT2D eigenvalue weighted by atomic mass is 32.1. The van der Waals surface area contributed by atoms with Gasteiger partial charge in [-0.15, -0.1) is 0 Å². The number of nitrogens with two attached hydrogens (primary N) is 1. The van der Waals surface area contributed by atoms with Gasteiger partial charge in [-0.2, -0.15) is 8.75 Å². The Morgan fingerprint density at radius 3 is 2.94 bits per heavy atom. The molecule has 2 rings (SSSR count). The van der Waals surface area contributed by atoms with Crippen LogP contribution in [0.5, 0.6) is 5.75 Å². The average molecular weight is 239 g/mol. The molecule has 1 heterocycles. The summed E-state index contributed by atoms with van der Waals surface area (Å²) in [5.74, 6) is 0.191. The van der Waals surface area contributed by atoms with Gasteiger partial charge in [-0.3, -0.25) is 0 Å². The number of methoxy groups -OCH3 is 1. The van der Waals surface area contributed by atoms with Gasteiger partial charge in [0, 0.05) is 5.56 Å². The third kappa shape index (κ3) is 2.02. The number of rotatable bonds is 3. The zero-order valence-electron chi connectivity index (χ0n) is 8.55. The number of aromatic nitrogens is 2. The third-order valence-electron chi connectivity index (χ3n) is 2.22. The fourth-order valence-electron chi connectivity index (χ4n) is 1.42. The Labute approximate surface area is 96.2 Å². The summed E-state index contributed by atoms with van der Waals surface area (Å²) >= 11 is 1.07. The summed E-state index contributed by atoms with van der Waals surface area (Å²) in [4.78, 5) is 0. The Hall–Kier alpha value is -1.53. The van der Waals surface area contributed by atoms with Gasteiger partial charge in [0.05, 0.1) is 36.8 Å². The largest absolute Gasteiger partial charge is 0.496 e. The van der Waals surface area contributed by atoms with Gasteiger partial charge in [0.2, 0.25) is 0 Å². The molecule has 0 spiro atoms. The van der Waals surface area contributed by atoms with Gasteiger partial charge in [-0.1, -0.05) is 0 Å². The SMILES string of the molecule is COc1ccc(F)cc1C(N)c1cnsn1. The summed E-state index contributed by atoms with van der Waals surface area (Å²) in [6, 6.07) is 3.70. The van der Waals surface area contributed by atoms with Crippen molar-refractivity contribution in [1.82, 2.24) is 8.75 Å². The molecule has 4 nitrogen and oxygen atoms in total. The fraction of sp³-hybridized carbons (Fsp3) is 0.200. The van der Waals surface area contributed by atoms with Crippen molar-refractivity contribution >= 4 is 11.7 Å². The molecule has 0 bridgehead atoms. The molecule has 1 aromatic heterocycles. The van der Waals surface area contributed by atoms with E-state index in [9.17, 15) is 4.39 Å². The molecule has 0 radical (unpaired) electrons. The van der Waals surface area contributed by atoms with E-state index in [1.54, 1.807) is 12.3 Å². The summed E-state index contributed by atoms with van der Waals surface area (Å²) < 4.78 is 26.2. The third-order valence-corrected chi connectivity index (χ3v) is 2.72. The van der Waals surface area contributed by atoms with Crippen molar-refractivity contribution in [3.05, 3.63) is 41.5 Å². The summed E-state index contributed by atoms with van der Waals surface area (Å²) in [6.45, 7) is 0. The average Bonchev–Trinajstić information content (AvgIpc) is 2.81. The molecule has 1 aromatic carbocycles. The molecule has 1 unspecified atom stereocenters. The van der Waals surface area contributed by atoms with Crippen molar-refractivity contribution in [3.8, 4) is 5.75 Å². The van der Waals surface area contributed by atoms with Crippen LogP contribution in [-0.2, 0) is 0 Å². The lowest BCUT2D eigenvalue weighted by molar-refractivity contribution is 0.406.